The van der Waals surface area contributed by atoms with Crippen LogP contribution in [0.4, 0.5) is 5.82 Å². The summed E-state index contributed by atoms with van der Waals surface area (Å²) in [5, 5.41) is 3.15. The maximum absolute atomic E-state index is 4.60. The van der Waals surface area contributed by atoms with E-state index in [4.69, 9.17) is 0 Å². The standard InChI is InChI=1S/C12H19N3S/c1-10-7-11(8-13-2)9-14-12(10)15-3-5-16-6-4-15/h7,9,13H,3-6,8H2,1-2H3. The zero-order chi connectivity index (χ0) is 11.4. The molecule has 4 heteroatoms. The van der Waals surface area contributed by atoms with E-state index in [1.165, 1.54) is 28.5 Å². The van der Waals surface area contributed by atoms with Crippen molar-refractivity contribution < 1.29 is 0 Å². The quantitative estimate of drug-likeness (QED) is 0.865. The monoisotopic (exact) mass is 237 g/mol. The molecule has 1 aromatic rings. The molecule has 88 valence electrons. The third kappa shape index (κ3) is 2.68. The molecule has 0 unspecified atom stereocenters. The fourth-order valence-electron chi connectivity index (χ4n) is 2.03. The SMILES string of the molecule is CNCc1cnc(N2CCSCC2)c(C)c1. The van der Waals surface area contributed by atoms with Crippen LogP contribution in [0.2, 0.25) is 0 Å². The van der Waals surface area contributed by atoms with Crippen LogP contribution in [0.3, 0.4) is 0 Å². The van der Waals surface area contributed by atoms with Gasteiger partial charge < -0.3 is 10.2 Å². The molecule has 0 bridgehead atoms. The summed E-state index contributed by atoms with van der Waals surface area (Å²) in [4.78, 5) is 6.99. The van der Waals surface area contributed by atoms with Gasteiger partial charge in [0.25, 0.3) is 0 Å². The molecule has 16 heavy (non-hydrogen) atoms. The first-order valence-electron chi connectivity index (χ1n) is 5.74. The lowest BCUT2D eigenvalue weighted by molar-refractivity contribution is 0.800. The molecule has 0 radical (unpaired) electrons. The van der Waals surface area contributed by atoms with E-state index >= 15 is 0 Å². The number of anilines is 1. The molecule has 0 aliphatic carbocycles. The summed E-state index contributed by atoms with van der Waals surface area (Å²) < 4.78 is 0. The number of pyridine rings is 1. The zero-order valence-electron chi connectivity index (χ0n) is 9.99. The molecule has 0 saturated carbocycles. The number of rotatable bonds is 3. The minimum atomic E-state index is 0.893. The van der Waals surface area contributed by atoms with Crippen LogP contribution >= 0.6 is 11.8 Å². The number of aryl methyl sites for hydroxylation is 1. The minimum absolute atomic E-state index is 0.893. The maximum atomic E-state index is 4.60. The normalized spacial score (nSPS) is 16.5. The smallest absolute Gasteiger partial charge is 0.131 e. The van der Waals surface area contributed by atoms with Crippen molar-refractivity contribution in [2.75, 3.05) is 36.5 Å². The molecule has 1 aliphatic heterocycles. The Balaban J connectivity index is 2.14. The molecule has 2 rings (SSSR count). The van der Waals surface area contributed by atoms with Gasteiger partial charge in [-0.2, -0.15) is 11.8 Å². The summed E-state index contributed by atoms with van der Waals surface area (Å²) in [5.74, 6) is 3.61. The lowest BCUT2D eigenvalue weighted by atomic mass is 10.2. The second kappa shape index (κ2) is 5.55. The predicted molar refractivity (Wildman–Crippen MR) is 71.3 cm³/mol. The Hall–Kier alpha value is -0.740. The van der Waals surface area contributed by atoms with E-state index in [2.05, 4.69) is 28.2 Å². The lowest BCUT2D eigenvalue weighted by Crippen LogP contribution is -2.33. The summed E-state index contributed by atoms with van der Waals surface area (Å²) in [6, 6.07) is 2.24. The fourth-order valence-corrected chi connectivity index (χ4v) is 2.94. The highest BCUT2D eigenvalue weighted by Crippen LogP contribution is 2.21. The molecule has 0 atom stereocenters. The number of nitrogens with one attached hydrogen (secondary N) is 1. The number of nitrogens with zero attached hydrogens (tertiary/aromatic N) is 2. The van der Waals surface area contributed by atoms with E-state index in [1.54, 1.807) is 0 Å². The molecule has 1 fully saturated rings. The first-order valence-corrected chi connectivity index (χ1v) is 6.89. The predicted octanol–water partition coefficient (Wildman–Crippen LogP) is 1.66. The van der Waals surface area contributed by atoms with E-state index in [0.29, 0.717) is 0 Å². The Kier molecular flexibility index (Phi) is 4.07. The van der Waals surface area contributed by atoms with E-state index in [1.807, 2.05) is 25.0 Å². The maximum Gasteiger partial charge on any atom is 0.131 e. The zero-order valence-corrected chi connectivity index (χ0v) is 10.8. The van der Waals surface area contributed by atoms with Gasteiger partial charge in [-0.1, -0.05) is 0 Å². The van der Waals surface area contributed by atoms with Crippen LogP contribution in [0, 0.1) is 6.92 Å². The summed E-state index contributed by atoms with van der Waals surface area (Å²) in [6.07, 6.45) is 1.99. The van der Waals surface area contributed by atoms with Gasteiger partial charge in [-0.05, 0) is 31.2 Å². The molecular weight excluding hydrogens is 218 g/mol. The molecule has 0 amide bonds. The Morgan fingerprint density at radius 1 is 1.44 bits per heavy atom. The van der Waals surface area contributed by atoms with Crippen molar-refractivity contribution in [2.24, 2.45) is 0 Å². The van der Waals surface area contributed by atoms with Gasteiger partial charge >= 0.3 is 0 Å². The van der Waals surface area contributed by atoms with E-state index in [9.17, 15) is 0 Å². The van der Waals surface area contributed by atoms with Gasteiger partial charge in [0.1, 0.15) is 5.82 Å². The lowest BCUT2D eigenvalue weighted by Gasteiger charge is -2.28. The number of aromatic nitrogens is 1. The molecule has 2 heterocycles. The van der Waals surface area contributed by atoms with Crippen LogP contribution in [0.5, 0.6) is 0 Å². The number of hydrogen-bond donors (Lipinski definition) is 1. The summed E-state index contributed by atoms with van der Waals surface area (Å²) in [5.41, 5.74) is 2.55. The van der Waals surface area contributed by atoms with Gasteiger partial charge in [0.2, 0.25) is 0 Å². The molecule has 0 spiro atoms. The van der Waals surface area contributed by atoms with Crippen molar-refractivity contribution in [1.29, 1.82) is 0 Å². The second-order valence-electron chi connectivity index (χ2n) is 4.11. The Labute approximate surface area is 102 Å². The molecule has 3 nitrogen and oxygen atoms in total. The van der Waals surface area contributed by atoms with Crippen LogP contribution in [0.15, 0.2) is 12.3 Å². The van der Waals surface area contributed by atoms with Gasteiger partial charge in [-0.15, -0.1) is 0 Å². The average Bonchev–Trinajstić information content (AvgIpc) is 2.31. The Bertz CT molecular complexity index is 348. The molecular formula is C12H19N3S. The Morgan fingerprint density at radius 3 is 2.81 bits per heavy atom. The molecule has 1 aliphatic rings. The van der Waals surface area contributed by atoms with Gasteiger partial charge in [-0.25, -0.2) is 4.98 Å². The largest absolute Gasteiger partial charge is 0.355 e. The highest BCUT2D eigenvalue weighted by Gasteiger charge is 2.14. The molecule has 1 N–H and O–H groups in total. The van der Waals surface area contributed by atoms with Crippen LogP contribution in [0.25, 0.3) is 0 Å². The van der Waals surface area contributed by atoms with Gasteiger partial charge in [0, 0.05) is 37.3 Å². The van der Waals surface area contributed by atoms with Crippen LogP contribution in [-0.2, 0) is 6.54 Å². The molecule has 1 aromatic heterocycles. The fraction of sp³-hybridized carbons (Fsp3) is 0.583. The van der Waals surface area contributed by atoms with Crippen molar-refractivity contribution in [3.63, 3.8) is 0 Å². The summed E-state index contributed by atoms with van der Waals surface area (Å²) >= 11 is 2.03. The van der Waals surface area contributed by atoms with Crippen LogP contribution < -0.4 is 10.2 Å². The topological polar surface area (TPSA) is 28.2 Å². The first-order chi connectivity index (χ1) is 7.81. The number of hydrogen-bond acceptors (Lipinski definition) is 4. The Morgan fingerprint density at radius 2 is 2.19 bits per heavy atom. The van der Waals surface area contributed by atoms with Crippen LogP contribution in [-0.4, -0.2) is 36.6 Å². The van der Waals surface area contributed by atoms with E-state index < -0.39 is 0 Å². The van der Waals surface area contributed by atoms with E-state index in [0.717, 1.165) is 19.6 Å². The third-order valence-corrected chi connectivity index (χ3v) is 3.74. The van der Waals surface area contributed by atoms with Gasteiger partial charge in [0.05, 0.1) is 0 Å². The number of thioether (sulfide) groups is 1. The van der Waals surface area contributed by atoms with Crippen molar-refractivity contribution in [3.05, 3.63) is 23.4 Å². The first kappa shape index (κ1) is 11.7. The average molecular weight is 237 g/mol. The van der Waals surface area contributed by atoms with Crippen molar-refractivity contribution >= 4 is 17.6 Å². The van der Waals surface area contributed by atoms with Crippen LogP contribution in [0.1, 0.15) is 11.1 Å². The van der Waals surface area contributed by atoms with Crippen molar-refractivity contribution in [2.45, 2.75) is 13.5 Å². The van der Waals surface area contributed by atoms with Gasteiger partial charge in [0.15, 0.2) is 0 Å². The highest BCUT2D eigenvalue weighted by atomic mass is 32.2. The second-order valence-corrected chi connectivity index (χ2v) is 5.34. The highest BCUT2D eigenvalue weighted by molar-refractivity contribution is 7.99. The molecule has 1 saturated heterocycles. The molecule has 0 aromatic carbocycles. The minimum Gasteiger partial charge on any atom is -0.355 e. The van der Waals surface area contributed by atoms with E-state index in [-0.39, 0.29) is 0 Å². The van der Waals surface area contributed by atoms with Crippen molar-refractivity contribution in [3.8, 4) is 0 Å². The summed E-state index contributed by atoms with van der Waals surface area (Å²) in [6.45, 7) is 5.31. The van der Waals surface area contributed by atoms with Gasteiger partial charge in [-0.3, -0.25) is 0 Å². The third-order valence-electron chi connectivity index (χ3n) is 2.80. The van der Waals surface area contributed by atoms with Crippen molar-refractivity contribution in [1.82, 2.24) is 10.3 Å². The summed E-state index contributed by atoms with van der Waals surface area (Å²) in [7, 11) is 1.96.